The number of hydrogen-bond donors (Lipinski definition) is 2. The van der Waals surface area contributed by atoms with E-state index in [4.69, 9.17) is 0 Å². The molecule has 1 saturated carbocycles. The second-order valence-electron chi connectivity index (χ2n) is 6.28. The van der Waals surface area contributed by atoms with Gasteiger partial charge in [0.15, 0.2) is 0 Å². The highest BCUT2D eigenvalue weighted by molar-refractivity contribution is 5.78. The summed E-state index contributed by atoms with van der Waals surface area (Å²) in [6, 6.07) is 10.6. The third-order valence-electron chi connectivity index (χ3n) is 5.08. The second-order valence-corrected chi connectivity index (χ2v) is 6.28. The molecule has 0 bridgehead atoms. The molecule has 1 amide bonds. The van der Waals surface area contributed by atoms with Gasteiger partial charge in [-0.3, -0.25) is 9.89 Å². The predicted octanol–water partition coefficient (Wildman–Crippen LogP) is 1.97. The van der Waals surface area contributed by atoms with Crippen molar-refractivity contribution in [1.82, 2.24) is 15.5 Å². The number of carbonyl (C=O) groups excluding carboxylic acids is 1. The summed E-state index contributed by atoms with van der Waals surface area (Å²) in [5.74, 6) is 0.680. The lowest BCUT2D eigenvalue weighted by Gasteiger charge is -2.12. The maximum atomic E-state index is 11.9. The third-order valence-corrected chi connectivity index (χ3v) is 5.08. The first kappa shape index (κ1) is 12.6. The van der Waals surface area contributed by atoms with Crippen LogP contribution in [0.5, 0.6) is 0 Å². The maximum absolute atomic E-state index is 11.9. The molecule has 0 radical (unpaired) electrons. The molecule has 1 aromatic carbocycles. The van der Waals surface area contributed by atoms with Crippen LogP contribution in [-0.4, -0.2) is 22.6 Å². The van der Waals surface area contributed by atoms with Crippen LogP contribution in [0.4, 0.5) is 0 Å². The summed E-state index contributed by atoms with van der Waals surface area (Å²) in [5, 5.41) is 9.76. The predicted molar refractivity (Wildman–Crippen MR) is 79.8 cm³/mol. The van der Waals surface area contributed by atoms with Crippen LogP contribution in [0.1, 0.15) is 29.7 Å². The quantitative estimate of drug-likeness (QED) is 0.900. The van der Waals surface area contributed by atoms with Gasteiger partial charge in [-0.1, -0.05) is 24.3 Å². The number of benzene rings is 1. The number of aromatic nitrogens is 2. The van der Waals surface area contributed by atoms with E-state index >= 15 is 0 Å². The first-order valence-corrected chi connectivity index (χ1v) is 7.61. The molecule has 1 heterocycles. The number of H-pyrrole nitrogens is 1. The van der Waals surface area contributed by atoms with Crippen molar-refractivity contribution in [3.05, 3.63) is 53.3 Å². The van der Waals surface area contributed by atoms with Crippen molar-refractivity contribution in [1.29, 1.82) is 0 Å². The van der Waals surface area contributed by atoms with E-state index in [-0.39, 0.29) is 5.91 Å². The van der Waals surface area contributed by atoms with E-state index in [1.54, 1.807) is 6.20 Å². The Morgan fingerprint density at radius 1 is 1.38 bits per heavy atom. The molecule has 4 rings (SSSR count). The fourth-order valence-electron chi connectivity index (χ4n) is 3.86. The lowest BCUT2D eigenvalue weighted by Crippen LogP contribution is -2.29. The zero-order valence-corrected chi connectivity index (χ0v) is 11.9. The summed E-state index contributed by atoms with van der Waals surface area (Å²) >= 11 is 0. The number of aromatic amines is 1. The fraction of sp³-hybridized carbons (Fsp3) is 0.412. The Balaban J connectivity index is 1.35. The SMILES string of the molecule is O=C(Cc1ccn[nH]1)NC[C@@H]1C[C@]12CCc1ccccc12. The van der Waals surface area contributed by atoms with Crippen molar-refractivity contribution >= 4 is 5.91 Å². The monoisotopic (exact) mass is 281 g/mol. The van der Waals surface area contributed by atoms with Crippen molar-refractivity contribution in [3.8, 4) is 0 Å². The Hall–Kier alpha value is -2.10. The number of fused-ring (bicyclic) bond motifs is 2. The second kappa shape index (κ2) is 4.72. The van der Waals surface area contributed by atoms with E-state index in [1.165, 1.54) is 30.4 Å². The minimum atomic E-state index is 0.0765. The molecular formula is C17H19N3O. The number of rotatable bonds is 4. The highest BCUT2D eigenvalue weighted by Gasteiger charge is 2.57. The number of amides is 1. The number of hydrogen-bond acceptors (Lipinski definition) is 2. The molecule has 2 atom stereocenters. The zero-order chi connectivity index (χ0) is 14.3. The standard InChI is InChI=1S/C17H19N3O/c21-16(9-14-6-8-19-20-14)18-11-13-10-17(13)7-5-12-3-1-2-4-15(12)17/h1-4,6,8,13H,5,7,9-11H2,(H,18,21)(H,19,20)/t13-,17+/m0/s1. The van der Waals surface area contributed by atoms with Crippen LogP contribution >= 0.6 is 0 Å². The van der Waals surface area contributed by atoms with E-state index in [0.29, 0.717) is 17.8 Å². The minimum Gasteiger partial charge on any atom is -0.355 e. The van der Waals surface area contributed by atoms with Crippen LogP contribution in [0, 0.1) is 5.92 Å². The van der Waals surface area contributed by atoms with Crippen molar-refractivity contribution in [3.63, 3.8) is 0 Å². The zero-order valence-electron chi connectivity index (χ0n) is 11.9. The van der Waals surface area contributed by atoms with Crippen LogP contribution in [-0.2, 0) is 23.1 Å². The number of nitrogens with zero attached hydrogens (tertiary/aromatic N) is 1. The molecule has 0 aliphatic heterocycles. The van der Waals surface area contributed by atoms with Crippen LogP contribution in [0.3, 0.4) is 0 Å². The van der Waals surface area contributed by atoms with Crippen LogP contribution < -0.4 is 5.32 Å². The van der Waals surface area contributed by atoms with Gasteiger partial charge in [0.2, 0.25) is 5.91 Å². The largest absolute Gasteiger partial charge is 0.355 e. The summed E-state index contributed by atoms with van der Waals surface area (Å²) in [5.41, 5.74) is 4.25. The van der Waals surface area contributed by atoms with E-state index in [9.17, 15) is 4.79 Å². The normalized spacial score (nSPS) is 25.8. The number of nitrogens with one attached hydrogen (secondary N) is 2. The lowest BCUT2D eigenvalue weighted by molar-refractivity contribution is -0.120. The molecule has 4 heteroatoms. The summed E-state index contributed by atoms with van der Waals surface area (Å²) in [6.45, 7) is 0.793. The molecular weight excluding hydrogens is 262 g/mol. The Morgan fingerprint density at radius 2 is 2.29 bits per heavy atom. The summed E-state index contributed by atoms with van der Waals surface area (Å²) in [6.07, 6.45) is 5.71. The smallest absolute Gasteiger partial charge is 0.226 e. The molecule has 2 N–H and O–H groups in total. The van der Waals surface area contributed by atoms with E-state index in [1.807, 2.05) is 6.07 Å². The van der Waals surface area contributed by atoms with E-state index in [2.05, 4.69) is 39.8 Å². The average molecular weight is 281 g/mol. The number of carbonyl (C=O) groups is 1. The van der Waals surface area contributed by atoms with Crippen molar-refractivity contribution in [2.45, 2.75) is 31.1 Å². The fourth-order valence-corrected chi connectivity index (χ4v) is 3.86. The Kier molecular flexibility index (Phi) is 2.84. The number of aryl methyl sites for hydroxylation is 1. The Morgan fingerprint density at radius 3 is 3.14 bits per heavy atom. The molecule has 4 nitrogen and oxygen atoms in total. The highest BCUT2D eigenvalue weighted by Crippen LogP contribution is 2.61. The van der Waals surface area contributed by atoms with Gasteiger partial charge in [-0.25, -0.2) is 0 Å². The average Bonchev–Trinajstić information content (AvgIpc) is 2.83. The molecule has 2 aromatic rings. The van der Waals surface area contributed by atoms with Gasteiger partial charge in [-0.05, 0) is 42.4 Å². The molecule has 2 aliphatic rings. The van der Waals surface area contributed by atoms with Crippen molar-refractivity contribution in [2.24, 2.45) is 5.92 Å². The minimum absolute atomic E-state index is 0.0765. The van der Waals surface area contributed by atoms with Crippen LogP contribution in [0.2, 0.25) is 0 Å². The first-order valence-electron chi connectivity index (χ1n) is 7.61. The summed E-state index contributed by atoms with van der Waals surface area (Å²) in [4.78, 5) is 11.9. The maximum Gasteiger partial charge on any atom is 0.226 e. The molecule has 21 heavy (non-hydrogen) atoms. The Labute approximate surface area is 124 Å². The van der Waals surface area contributed by atoms with Gasteiger partial charge in [-0.15, -0.1) is 0 Å². The van der Waals surface area contributed by atoms with Gasteiger partial charge in [0.1, 0.15) is 0 Å². The van der Waals surface area contributed by atoms with Crippen LogP contribution in [0.15, 0.2) is 36.5 Å². The highest BCUT2D eigenvalue weighted by atomic mass is 16.1. The van der Waals surface area contributed by atoms with Gasteiger partial charge >= 0.3 is 0 Å². The third kappa shape index (κ3) is 2.15. The first-order chi connectivity index (χ1) is 10.3. The van der Waals surface area contributed by atoms with E-state index < -0.39 is 0 Å². The summed E-state index contributed by atoms with van der Waals surface area (Å²) in [7, 11) is 0. The Bertz CT molecular complexity index is 664. The van der Waals surface area contributed by atoms with E-state index in [0.717, 1.165) is 12.2 Å². The molecule has 1 spiro atoms. The van der Waals surface area contributed by atoms with Crippen molar-refractivity contribution in [2.75, 3.05) is 6.54 Å². The van der Waals surface area contributed by atoms with Gasteiger partial charge in [0.25, 0.3) is 0 Å². The van der Waals surface area contributed by atoms with Gasteiger partial charge in [0.05, 0.1) is 6.42 Å². The molecule has 1 fully saturated rings. The lowest BCUT2D eigenvalue weighted by atomic mass is 9.95. The topological polar surface area (TPSA) is 57.8 Å². The van der Waals surface area contributed by atoms with Crippen molar-refractivity contribution < 1.29 is 4.79 Å². The summed E-state index contributed by atoms with van der Waals surface area (Å²) < 4.78 is 0. The molecule has 2 aliphatic carbocycles. The molecule has 1 aromatic heterocycles. The molecule has 0 unspecified atom stereocenters. The van der Waals surface area contributed by atoms with Gasteiger partial charge in [0, 0.05) is 23.9 Å². The van der Waals surface area contributed by atoms with Gasteiger partial charge in [-0.2, -0.15) is 5.10 Å². The van der Waals surface area contributed by atoms with Crippen LogP contribution in [0.25, 0.3) is 0 Å². The van der Waals surface area contributed by atoms with Gasteiger partial charge < -0.3 is 5.32 Å². The molecule has 108 valence electrons. The molecule has 0 saturated heterocycles.